The molecule has 2 aromatic rings. The zero-order valence-electron chi connectivity index (χ0n) is 14.9. The quantitative estimate of drug-likeness (QED) is 0.842. The maximum Gasteiger partial charge on any atom is 0.254 e. The van der Waals surface area contributed by atoms with Crippen LogP contribution in [0.5, 0.6) is 0 Å². The summed E-state index contributed by atoms with van der Waals surface area (Å²) in [6.07, 6.45) is 4.52. The van der Waals surface area contributed by atoms with Gasteiger partial charge < -0.3 is 9.80 Å². The van der Waals surface area contributed by atoms with E-state index in [4.69, 9.17) is 0 Å². The van der Waals surface area contributed by atoms with Crippen LogP contribution in [0.15, 0.2) is 54.6 Å². The molecular weight excluding hydrogens is 308 g/mol. The molecule has 1 amide bonds. The number of piperidine rings is 1. The van der Waals surface area contributed by atoms with Crippen molar-refractivity contribution in [3.8, 4) is 11.1 Å². The molecule has 1 saturated heterocycles. The van der Waals surface area contributed by atoms with Gasteiger partial charge >= 0.3 is 0 Å². The predicted octanol–water partition coefficient (Wildman–Crippen LogP) is 4.05. The van der Waals surface area contributed by atoms with Gasteiger partial charge in [0.2, 0.25) is 0 Å². The fourth-order valence-electron chi connectivity index (χ4n) is 3.87. The minimum atomic E-state index is 0.217. The minimum absolute atomic E-state index is 0.217. The number of likely N-dealkylation sites (tertiary alicyclic amines) is 1. The van der Waals surface area contributed by atoms with Crippen molar-refractivity contribution in [1.29, 1.82) is 0 Å². The highest BCUT2D eigenvalue weighted by Gasteiger charge is 2.38. The number of nitrogens with zero attached hydrogens (tertiary/aromatic N) is 2. The van der Waals surface area contributed by atoms with E-state index in [1.807, 2.05) is 30.3 Å². The molecule has 130 valence electrons. The third-order valence-electron chi connectivity index (χ3n) is 5.47. The van der Waals surface area contributed by atoms with Gasteiger partial charge in [0.25, 0.3) is 5.91 Å². The van der Waals surface area contributed by atoms with Crippen molar-refractivity contribution in [3.63, 3.8) is 0 Å². The third kappa shape index (κ3) is 3.62. The van der Waals surface area contributed by atoms with Crippen molar-refractivity contribution < 1.29 is 4.79 Å². The molecule has 0 radical (unpaired) electrons. The molecule has 3 nitrogen and oxygen atoms in total. The van der Waals surface area contributed by atoms with Gasteiger partial charge in [0.1, 0.15) is 0 Å². The van der Waals surface area contributed by atoms with Crippen molar-refractivity contribution in [3.05, 3.63) is 60.2 Å². The van der Waals surface area contributed by atoms with Gasteiger partial charge in [-0.1, -0.05) is 42.5 Å². The zero-order chi connectivity index (χ0) is 17.2. The molecule has 2 aromatic carbocycles. The summed E-state index contributed by atoms with van der Waals surface area (Å²) in [4.78, 5) is 17.9. The van der Waals surface area contributed by atoms with Gasteiger partial charge in [0, 0.05) is 17.6 Å². The number of benzene rings is 2. The Morgan fingerprint density at radius 2 is 1.52 bits per heavy atom. The Bertz CT molecular complexity index is 731. The van der Waals surface area contributed by atoms with Crippen LogP contribution in [-0.2, 0) is 0 Å². The van der Waals surface area contributed by atoms with Crippen molar-refractivity contribution in [2.24, 2.45) is 0 Å². The molecule has 0 bridgehead atoms. The summed E-state index contributed by atoms with van der Waals surface area (Å²) < 4.78 is 0. The first-order chi connectivity index (χ1) is 12.2. The summed E-state index contributed by atoms with van der Waals surface area (Å²) >= 11 is 0. The monoisotopic (exact) mass is 334 g/mol. The summed E-state index contributed by atoms with van der Waals surface area (Å²) in [6.45, 7) is 2.18. The van der Waals surface area contributed by atoms with Crippen molar-refractivity contribution in [2.75, 3.05) is 20.1 Å². The van der Waals surface area contributed by atoms with Crippen LogP contribution >= 0.6 is 0 Å². The molecule has 25 heavy (non-hydrogen) atoms. The normalized spacial score (nSPS) is 18.9. The van der Waals surface area contributed by atoms with Gasteiger partial charge in [0.05, 0.1) is 0 Å². The van der Waals surface area contributed by atoms with Gasteiger partial charge in [-0.05, 0) is 69.1 Å². The first-order valence-corrected chi connectivity index (χ1v) is 9.39. The smallest absolute Gasteiger partial charge is 0.254 e. The standard InChI is InChI=1S/C22H26N2O/c1-23-14-12-21(13-15-23)24(20-10-11-20)22(25)19-9-5-8-18(16-19)17-6-3-2-4-7-17/h2-9,16,20-21H,10-15H2,1H3. The molecule has 1 aliphatic heterocycles. The average molecular weight is 334 g/mol. The van der Waals surface area contributed by atoms with E-state index in [2.05, 4.69) is 41.1 Å². The van der Waals surface area contributed by atoms with E-state index < -0.39 is 0 Å². The van der Waals surface area contributed by atoms with Crippen molar-refractivity contribution in [1.82, 2.24) is 9.80 Å². The molecule has 0 spiro atoms. The number of rotatable bonds is 4. The summed E-state index contributed by atoms with van der Waals surface area (Å²) in [6, 6.07) is 19.3. The lowest BCUT2D eigenvalue weighted by Crippen LogP contribution is -2.47. The SMILES string of the molecule is CN1CCC(N(C(=O)c2cccc(-c3ccccc3)c2)C2CC2)CC1. The van der Waals surface area contributed by atoms with Crippen LogP contribution in [0.25, 0.3) is 11.1 Å². The zero-order valence-corrected chi connectivity index (χ0v) is 14.9. The van der Waals surface area contributed by atoms with Crippen LogP contribution in [0.1, 0.15) is 36.0 Å². The van der Waals surface area contributed by atoms with Crippen LogP contribution < -0.4 is 0 Å². The molecule has 2 fully saturated rings. The van der Waals surface area contributed by atoms with E-state index in [1.54, 1.807) is 0 Å². The fraction of sp³-hybridized carbons (Fsp3) is 0.409. The molecule has 4 rings (SSSR count). The summed E-state index contributed by atoms with van der Waals surface area (Å²) in [5, 5.41) is 0. The first-order valence-electron chi connectivity index (χ1n) is 9.39. The lowest BCUT2D eigenvalue weighted by Gasteiger charge is -2.37. The number of amides is 1. The second kappa shape index (κ2) is 7.01. The lowest BCUT2D eigenvalue weighted by molar-refractivity contribution is 0.0569. The molecule has 0 aromatic heterocycles. The van der Waals surface area contributed by atoms with E-state index in [1.165, 1.54) is 0 Å². The Morgan fingerprint density at radius 1 is 0.880 bits per heavy atom. The Morgan fingerprint density at radius 3 is 2.20 bits per heavy atom. The highest BCUT2D eigenvalue weighted by molar-refractivity contribution is 5.96. The summed E-state index contributed by atoms with van der Waals surface area (Å²) in [7, 11) is 2.17. The second-order valence-corrected chi connectivity index (χ2v) is 7.42. The molecule has 1 saturated carbocycles. The van der Waals surface area contributed by atoms with Gasteiger partial charge in [-0.2, -0.15) is 0 Å². The van der Waals surface area contributed by atoms with E-state index in [9.17, 15) is 4.79 Å². The molecule has 0 atom stereocenters. The second-order valence-electron chi connectivity index (χ2n) is 7.42. The molecule has 1 aliphatic carbocycles. The van der Waals surface area contributed by atoms with Gasteiger partial charge in [-0.3, -0.25) is 4.79 Å². The Kier molecular flexibility index (Phi) is 4.58. The average Bonchev–Trinajstić information content (AvgIpc) is 3.49. The number of carbonyl (C=O) groups is 1. The topological polar surface area (TPSA) is 23.6 Å². The Hall–Kier alpha value is -2.13. The molecule has 3 heteroatoms. The predicted molar refractivity (Wildman–Crippen MR) is 102 cm³/mol. The fourth-order valence-corrected chi connectivity index (χ4v) is 3.87. The van der Waals surface area contributed by atoms with Crippen LogP contribution in [0.3, 0.4) is 0 Å². The van der Waals surface area contributed by atoms with E-state index in [0.717, 1.165) is 55.5 Å². The highest BCUT2D eigenvalue weighted by Crippen LogP contribution is 2.33. The first kappa shape index (κ1) is 16.3. The Labute approximate surface area is 150 Å². The summed E-state index contributed by atoms with van der Waals surface area (Å²) in [5.41, 5.74) is 3.10. The molecule has 1 heterocycles. The number of carbonyl (C=O) groups excluding carboxylic acids is 1. The van der Waals surface area contributed by atoms with Crippen LogP contribution in [0.4, 0.5) is 0 Å². The van der Waals surface area contributed by atoms with Crippen LogP contribution in [0, 0.1) is 0 Å². The van der Waals surface area contributed by atoms with Crippen LogP contribution in [-0.4, -0.2) is 47.9 Å². The minimum Gasteiger partial charge on any atom is -0.333 e. The molecule has 2 aliphatic rings. The molecule has 0 unspecified atom stereocenters. The summed E-state index contributed by atoms with van der Waals surface area (Å²) in [5.74, 6) is 0.217. The van der Waals surface area contributed by atoms with E-state index in [-0.39, 0.29) is 5.91 Å². The number of hydrogen-bond acceptors (Lipinski definition) is 2. The molecular formula is C22H26N2O. The third-order valence-corrected chi connectivity index (χ3v) is 5.47. The number of hydrogen-bond donors (Lipinski definition) is 0. The lowest BCUT2D eigenvalue weighted by atomic mass is 10.00. The van der Waals surface area contributed by atoms with Gasteiger partial charge in [-0.15, -0.1) is 0 Å². The van der Waals surface area contributed by atoms with Crippen molar-refractivity contribution >= 4 is 5.91 Å². The molecule has 0 N–H and O–H groups in total. The van der Waals surface area contributed by atoms with E-state index >= 15 is 0 Å². The van der Waals surface area contributed by atoms with E-state index in [0.29, 0.717) is 12.1 Å². The van der Waals surface area contributed by atoms with Gasteiger partial charge in [0.15, 0.2) is 0 Å². The maximum atomic E-state index is 13.3. The van der Waals surface area contributed by atoms with Crippen molar-refractivity contribution in [2.45, 2.75) is 37.8 Å². The van der Waals surface area contributed by atoms with Gasteiger partial charge in [-0.25, -0.2) is 0 Å². The Balaban J connectivity index is 1.58. The van der Waals surface area contributed by atoms with Crippen LogP contribution in [0.2, 0.25) is 0 Å². The maximum absolute atomic E-state index is 13.3. The largest absolute Gasteiger partial charge is 0.333 e. The highest BCUT2D eigenvalue weighted by atomic mass is 16.2.